The highest BCUT2D eigenvalue weighted by atomic mass is 16.4. The lowest BCUT2D eigenvalue weighted by Crippen LogP contribution is -2.29. The molecular weight excluding hydrogens is 248 g/mol. The van der Waals surface area contributed by atoms with Crippen LogP contribution in [0.15, 0.2) is 18.2 Å². The summed E-state index contributed by atoms with van der Waals surface area (Å²) in [5.74, 6) is -2.53. The van der Waals surface area contributed by atoms with Gasteiger partial charge in [0.15, 0.2) is 0 Å². The number of hydrogen-bond donors (Lipinski definition) is 3. The minimum Gasteiger partial charge on any atom is -0.478 e. The maximum atomic E-state index is 11.9. The zero-order valence-electron chi connectivity index (χ0n) is 11.0. The number of carbonyl (C=O) groups is 3. The van der Waals surface area contributed by atoms with E-state index < -0.39 is 17.3 Å². The number of aromatic carboxylic acids is 1. The molecule has 0 atom stereocenters. The highest BCUT2D eigenvalue weighted by Gasteiger charge is 2.25. The summed E-state index contributed by atoms with van der Waals surface area (Å²) in [6.45, 7) is 5.09. The number of rotatable bonds is 3. The van der Waals surface area contributed by atoms with Crippen LogP contribution >= 0.6 is 0 Å². The number of amides is 2. The lowest BCUT2D eigenvalue weighted by molar-refractivity contribution is -0.123. The number of primary amides is 1. The average Bonchev–Trinajstić information content (AvgIpc) is 2.26. The first kappa shape index (κ1) is 14.7. The van der Waals surface area contributed by atoms with Crippen molar-refractivity contribution in [2.75, 3.05) is 5.32 Å². The molecule has 1 aromatic carbocycles. The van der Waals surface area contributed by atoms with Crippen LogP contribution in [0.2, 0.25) is 0 Å². The van der Waals surface area contributed by atoms with E-state index in [1.54, 1.807) is 20.8 Å². The van der Waals surface area contributed by atoms with Gasteiger partial charge in [-0.15, -0.1) is 0 Å². The number of nitrogens with one attached hydrogen (secondary N) is 1. The Bertz CT molecular complexity index is 544. The molecule has 4 N–H and O–H groups in total. The zero-order valence-corrected chi connectivity index (χ0v) is 11.0. The van der Waals surface area contributed by atoms with Crippen LogP contribution in [0.5, 0.6) is 0 Å². The predicted octanol–water partition coefficient (Wildman–Crippen LogP) is 1.47. The molecular formula is C13H16N2O4. The summed E-state index contributed by atoms with van der Waals surface area (Å²) in [7, 11) is 0. The molecule has 0 aliphatic rings. The summed E-state index contributed by atoms with van der Waals surface area (Å²) in [6.07, 6.45) is 0. The summed E-state index contributed by atoms with van der Waals surface area (Å²) < 4.78 is 0. The Morgan fingerprint density at radius 3 is 2.21 bits per heavy atom. The van der Waals surface area contributed by atoms with Gasteiger partial charge in [0.05, 0.1) is 16.8 Å². The van der Waals surface area contributed by atoms with Crippen molar-refractivity contribution in [3.05, 3.63) is 29.3 Å². The van der Waals surface area contributed by atoms with Gasteiger partial charge in [-0.05, 0) is 12.1 Å². The minimum atomic E-state index is -1.32. The second-order valence-corrected chi connectivity index (χ2v) is 5.10. The highest BCUT2D eigenvalue weighted by Crippen LogP contribution is 2.23. The lowest BCUT2D eigenvalue weighted by Gasteiger charge is -2.19. The number of anilines is 1. The molecule has 2 amide bonds. The molecule has 0 aromatic heterocycles. The van der Waals surface area contributed by atoms with Crippen LogP contribution < -0.4 is 11.1 Å². The fraction of sp³-hybridized carbons (Fsp3) is 0.308. The fourth-order valence-electron chi connectivity index (χ4n) is 1.40. The Morgan fingerprint density at radius 2 is 1.79 bits per heavy atom. The Kier molecular flexibility index (Phi) is 3.94. The summed E-state index contributed by atoms with van der Waals surface area (Å²) in [4.78, 5) is 34.3. The molecule has 6 heteroatoms. The molecule has 0 aliphatic carbocycles. The van der Waals surface area contributed by atoms with Crippen LogP contribution in [-0.2, 0) is 4.79 Å². The van der Waals surface area contributed by atoms with Crippen LogP contribution in [0.3, 0.4) is 0 Å². The van der Waals surface area contributed by atoms with Gasteiger partial charge in [-0.3, -0.25) is 9.59 Å². The molecule has 0 fully saturated rings. The second-order valence-electron chi connectivity index (χ2n) is 5.10. The highest BCUT2D eigenvalue weighted by molar-refractivity contribution is 6.10. The maximum absolute atomic E-state index is 11.9. The van der Waals surface area contributed by atoms with E-state index in [1.165, 1.54) is 18.2 Å². The van der Waals surface area contributed by atoms with Gasteiger partial charge in [-0.25, -0.2) is 4.79 Å². The Morgan fingerprint density at radius 1 is 1.21 bits per heavy atom. The Labute approximate surface area is 110 Å². The molecule has 1 aromatic rings. The van der Waals surface area contributed by atoms with Gasteiger partial charge in [0, 0.05) is 5.41 Å². The molecule has 0 spiro atoms. The van der Waals surface area contributed by atoms with Crippen LogP contribution in [0.1, 0.15) is 41.5 Å². The van der Waals surface area contributed by atoms with Gasteiger partial charge < -0.3 is 16.2 Å². The van der Waals surface area contributed by atoms with Gasteiger partial charge in [-0.1, -0.05) is 26.8 Å². The van der Waals surface area contributed by atoms with E-state index in [1.807, 2.05) is 0 Å². The van der Waals surface area contributed by atoms with E-state index in [-0.39, 0.29) is 22.7 Å². The summed E-state index contributed by atoms with van der Waals surface area (Å²) in [5.41, 5.74) is 4.06. The van der Waals surface area contributed by atoms with Crippen molar-refractivity contribution in [1.29, 1.82) is 0 Å². The first-order chi connectivity index (χ1) is 8.64. The molecule has 0 saturated heterocycles. The SMILES string of the molecule is CC(C)(C)C(=O)Nc1cccc(C(N)=O)c1C(=O)O. The first-order valence-corrected chi connectivity index (χ1v) is 5.62. The van der Waals surface area contributed by atoms with E-state index in [9.17, 15) is 14.4 Å². The lowest BCUT2D eigenvalue weighted by atomic mass is 9.95. The standard InChI is InChI=1S/C13H16N2O4/c1-13(2,3)12(19)15-8-6-4-5-7(10(14)16)9(8)11(17)18/h4-6H,1-3H3,(H2,14,16)(H,15,19)(H,17,18). The number of carboxylic acids is 1. The summed E-state index contributed by atoms with van der Waals surface area (Å²) in [6, 6.07) is 4.18. The van der Waals surface area contributed by atoms with Crippen LogP contribution in [-0.4, -0.2) is 22.9 Å². The molecule has 0 saturated carbocycles. The quantitative estimate of drug-likeness (QED) is 0.767. The van der Waals surface area contributed by atoms with E-state index in [0.717, 1.165) is 0 Å². The number of carboxylic acid groups (broad SMARTS) is 1. The molecule has 19 heavy (non-hydrogen) atoms. The Balaban J connectivity index is 3.29. The third-order valence-corrected chi connectivity index (χ3v) is 2.47. The first-order valence-electron chi connectivity index (χ1n) is 5.62. The van der Waals surface area contributed by atoms with Crippen LogP contribution in [0, 0.1) is 5.41 Å². The second kappa shape index (κ2) is 5.09. The normalized spacial score (nSPS) is 10.9. The third-order valence-electron chi connectivity index (χ3n) is 2.47. The van der Waals surface area contributed by atoms with Gasteiger partial charge in [0.1, 0.15) is 0 Å². The van der Waals surface area contributed by atoms with Gasteiger partial charge in [0.25, 0.3) is 0 Å². The smallest absolute Gasteiger partial charge is 0.338 e. The molecule has 102 valence electrons. The molecule has 1 rings (SSSR count). The van der Waals surface area contributed by atoms with Crippen molar-refractivity contribution in [3.63, 3.8) is 0 Å². The molecule has 6 nitrogen and oxygen atoms in total. The molecule has 0 radical (unpaired) electrons. The fourth-order valence-corrected chi connectivity index (χ4v) is 1.40. The molecule has 0 unspecified atom stereocenters. The number of benzene rings is 1. The summed E-state index contributed by atoms with van der Waals surface area (Å²) >= 11 is 0. The van der Waals surface area contributed by atoms with Crippen molar-refractivity contribution in [2.45, 2.75) is 20.8 Å². The topological polar surface area (TPSA) is 109 Å². The largest absolute Gasteiger partial charge is 0.478 e. The van der Waals surface area contributed by atoms with E-state index >= 15 is 0 Å². The van der Waals surface area contributed by atoms with Crippen LogP contribution in [0.4, 0.5) is 5.69 Å². The van der Waals surface area contributed by atoms with Gasteiger partial charge in [-0.2, -0.15) is 0 Å². The van der Waals surface area contributed by atoms with E-state index in [4.69, 9.17) is 10.8 Å². The van der Waals surface area contributed by atoms with E-state index in [0.29, 0.717) is 0 Å². The van der Waals surface area contributed by atoms with Crippen molar-refractivity contribution in [3.8, 4) is 0 Å². The number of hydrogen-bond acceptors (Lipinski definition) is 3. The number of nitrogens with two attached hydrogens (primary N) is 1. The molecule has 0 heterocycles. The van der Waals surface area contributed by atoms with Crippen LogP contribution in [0.25, 0.3) is 0 Å². The van der Waals surface area contributed by atoms with E-state index in [2.05, 4.69) is 5.32 Å². The average molecular weight is 264 g/mol. The number of carbonyl (C=O) groups excluding carboxylic acids is 2. The summed E-state index contributed by atoms with van der Waals surface area (Å²) in [5, 5.41) is 11.7. The zero-order chi connectivity index (χ0) is 14.8. The van der Waals surface area contributed by atoms with Crippen molar-refractivity contribution in [2.24, 2.45) is 11.1 Å². The van der Waals surface area contributed by atoms with Crippen molar-refractivity contribution in [1.82, 2.24) is 0 Å². The Hall–Kier alpha value is -2.37. The predicted molar refractivity (Wildman–Crippen MR) is 70.0 cm³/mol. The van der Waals surface area contributed by atoms with Crippen molar-refractivity contribution < 1.29 is 19.5 Å². The van der Waals surface area contributed by atoms with Gasteiger partial charge in [0.2, 0.25) is 11.8 Å². The van der Waals surface area contributed by atoms with Crippen molar-refractivity contribution >= 4 is 23.5 Å². The molecule has 0 bridgehead atoms. The minimum absolute atomic E-state index is 0.0590. The molecule has 0 aliphatic heterocycles. The third kappa shape index (κ3) is 3.31. The monoisotopic (exact) mass is 264 g/mol. The van der Waals surface area contributed by atoms with Gasteiger partial charge >= 0.3 is 5.97 Å². The maximum Gasteiger partial charge on any atom is 0.338 e.